The van der Waals surface area contributed by atoms with Crippen LogP contribution < -0.4 is 0 Å². The summed E-state index contributed by atoms with van der Waals surface area (Å²) in [5.41, 5.74) is 3.66. The fraction of sp³-hybridized carbons (Fsp3) is 0.500. The molecule has 1 fully saturated rings. The first-order chi connectivity index (χ1) is 8.60. The average Bonchev–Trinajstić information content (AvgIpc) is 2.65. The van der Waals surface area contributed by atoms with Crippen LogP contribution in [0.4, 0.5) is 0 Å². The van der Waals surface area contributed by atoms with E-state index in [1.165, 1.54) is 11.1 Å². The molecule has 0 spiro atoms. The molecule has 1 saturated heterocycles. The van der Waals surface area contributed by atoms with E-state index in [1.807, 2.05) is 0 Å². The summed E-state index contributed by atoms with van der Waals surface area (Å²) < 4.78 is 8.57. The van der Waals surface area contributed by atoms with Gasteiger partial charge < -0.3 is 14.3 Å². The highest BCUT2D eigenvalue weighted by Crippen LogP contribution is 2.32. The summed E-state index contributed by atoms with van der Waals surface area (Å²) in [7, 11) is 0. The van der Waals surface area contributed by atoms with E-state index in [0.29, 0.717) is 0 Å². The summed E-state index contributed by atoms with van der Waals surface area (Å²) in [5.74, 6) is 0. The summed E-state index contributed by atoms with van der Waals surface area (Å²) in [6, 6.07) is 6.46. The number of imidazole rings is 1. The van der Waals surface area contributed by atoms with Gasteiger partial charge in [0.15, 0.2) is 4.77 Å². The lowest BCUT2D eigenvalue weighted by atomic mass is 9.92. The van der Waals surface area contributed by atoms with E-state index in [9.17, 15) is 0 Å². The molecule has 0 amide bonds. The number of nitrogens with zero attached hydrogens (tertiary/aromatic N) is 1. The van der Waals surface area contributed by atoms with Crippen molar-refractivity contribution in [1.29, 1.82) is 0 Å². The minimum Gasteiger partial charge on any atom is -0.381 e. The Labute approximate surface area is 112 Å². The average molecular weight is 262 g/mol. The number of aromatic amines is 1. The first-order valence-electron chi connectivity index (χ1n) is 6.40. The molecule has 3 rings (SSSR count). The molecule has 96 valence electrons. The maximum absolute atomic E-state index is 5.52. The third-order valence-corrected chi connectivity index (χ3v) is 4.23. The van der Waals surface area contributed by atoms with Crippen molar-refractivity contribution in [2.24, 2.45) is 0 Å². The Balaban J connectivity index is 2.22. The van der Waals surface area contributed by atoms with Crippen LogP contribution in [0.1, 0.15) is 25.3 Å². The van der Waals surface area contributed by atoms with Gasteiger partial charge in [0.2, 0.25) is 0 Å². The molecule has 0 bridgehead atoms. The molecule has 1 aromatic carbocycles. The number of aryl methyl sites for hydroxylation is 1. The fourth-order valence-electron chi connectivity index (χ4n) is 2.80. The van der Waals surface area contributed by atoms with Crippen LogP contribution in [0.25, 0.3) is 11.0 Å². The van der Waals surface area contributed by atoms with Crippen molar-refractivity contribution in [1.82, 2.24) is 9.55 Å². The van der Waals surface area contributed by atoms with Crippen molar-refractivity contribution >= 4 is 23.3 Å². The standard InChI is InChI=1S/C14H18N2OS/c1-10-3-4-12-11(9-10)15-13(18)16(12)14(2)5-7-17-8-6-14/h3-4,9H,5-8H2,1-2H3,(H,15,18). The SMILES string of the molecule is Cc1ccc2c(c1)[nH]c(=S)n2C1(C)CCOCC1. The Morgan fingerprint density at radius 3 is 2.78 bits per heavy atom. The van der Waals surface area contributed by atoms with Gasteiger partial charge in [-0.1, -0.05) is 6.07 Å². The van der Waals surface area contributed by atoms with Crippen LogP contribution >= 0.6 is 12.2 Å². The lowest BCUT2D eigenvalue weighted by Gasteiger charge is -2.35. The molecule has 1 aliphatic heterocycles. The zero-order chi connectivity index (χ0) is 12.8. The van der Waals surface area contributed by atoms with Crippen LogP contribution in [0, 0.1) is 11.7 Å². The van der Waals surface area contributed by atoms with E-state index in [1.54, 1.807) is 0 Å². The van der Waals surface area contributed by atoms with Gasteiger partial charge in [0.1, 0.15) is 0 Å². The highest BCUT2D eigenvalue weighted by atomic mass is 32.1. The number of H-pyrrole nitrogens is 1. The molecule has 0 saturated carbocycles. The number of hydrogen-bond acceptors (Lipinski definition) is 2. The Kier molecular flexibility index (Phi) is 2.79. The zero-order valence-electron chi connectivity index (χ0n) is 10.8. The van der Waals surface area contributed by atoms with Gasteiger partial charge in [-0.15, -0.1) is 0 Å². The normalized spacial score (nSPS) is 19.2. The molecule has 0 aliphatic carbocycles. The molecule has 2 aromatic rings. The third kappa shape index (κ3) is 1.80. The zero-order valence-corrected chi connectivity index (χ0v) is 11.6. The van der Waals surface area contributed by atoms with Crippen molar-refractivity contribution in [2.45, 2.75) is 32.2 Å². The second kappa shape index (κ2) is 4.21. The summed E-state index contributed by atoms with van der Waals surface area (Å²) in [5, 5.41) is 0. The van der Waals surface area contributed by atoms with Crippen LogP contribution in [-0.4, -0.2) is 22.8 Å². The molecule has 0 unspecified atom stereocenters. The molecule has 3 nitrogen and oxygen atoms in total. The summed E-state index contributed by atoms with van der Waals surface area (Å²) in [4.78, 5) is 3.33. The Bertz CT molecular complexity index is 635. The number of fused-ring (bicyclic) bond motifs is 1. The molecular weight excluding hydrogens is 244 g/mol. The number of ether oxygens (including phenoxy) is 1. The van der Waals surface area contributed by atoms with Crippen molar-refractivity contribution < 1.29 is 4.74 Å². The Morgan fingerprint density at radius 1 is 1.33 bits per heavy atom. The van der Waals surface area contributed by atoms with Gasteiger partial charge in [0, 0.05) is 18.8 Å². The molecular formula is C14H18N2OS. The van der Waals surface area contributed by atoms with E-state index in [-0.39, 0.29) is 5.54 Å². The predicted molar refractivity (Wildman–Crippen MR) is 75.6 cm³/mol. The van der Waals surface area contributed by atoms with Crippen molar-refractivity contribution in [2.75, 3.05) is 13.2 Å². The lowest BCUT2D eigenvalue weighted by molar-refractivity contribution is 0.0306. The maximum atomic E-state index is 5.52. The first-order valence-corrected chi connectivity index (χ1v) is 6.81. The number of aromatic nitrogens is 2. The minimum atomic E-state index is 0.0723. The summed E-state index contributed by atoms with van der Waals surface area (Å²) >= 11 is 5.52. The molecule has 18 heavy (non-hydrogen) atoms. The summed E-state index contributed by atoms with van der Waals surface area (Å²) in [6.07, 6.45) is 2.03. The number of hydrogen-bond donors (Lipinski definition) is 1. The van der Waals surface area contributed by atoms with E-state index >= 15 is 0 Å². The highest BCUT2D eigenvalue weighted by Gasteiger charge is 2.31. The number of rotatable bonds is 1. The van der Waals surface area contributed by atoms with E-state index in [2.05, 4.69) is 41.6 Å². The van der Waals surface area contributed by atoms with Gasteiger partial charge in [-0.25, -0.2) is 0 Å². The maximum Gasteiger partial charge on any atom is 0.178 e. The van der Waals surface area contributed by atoms with E-state index in [0.717, 1.165) is 36.3 Å². The second-order valence-corrected chi connectivity index (χ2v) is 5.78. The van der Waals surface area contributed by atoms with Gasteiger partial charge in [-0.2, -0.15) is 0 Å². The quantitative estimate of drug-likeness (QED) is 0.797. The molecule has 0 radical (unpaired) electrons. The van der Waals surface area contributed by atoms with Gasteiger partial charge in [0.05, 0.1) is 11.0 Å². The molecule has 2 heterocycles. The fourth-order valence-corrected chi connectivity index (χ4v) is 3.22. The smallest absolute Gasteiger partial charge is 0.178 e. The monoisotopic (exact) mass is 262 g/mol. The van der Waals surface area contributed by atoms with Crippen LogP contribution in [0.2, 0.25) is 0 Å². The van der Waals surface area contributed by atoms with Crippen molar-refractivity contribution in [3.05, 3.63) is 28.5 Å². The topological polar surface area (TPSA) is 29.9 Å². The third-order valence-electron chi connectivity index (χ3n) is 3.95. The first kappa shape index (κ1) is 11.9. The largest absolute Gasteiger partial charge is 0.381 e. The van der Waals surface area contributed by atoms with Crippen LogP contribution in [0.3, 0.4) is 0 Å². The van der Waals surface area contributed by atoms with Crippen molar-refractivity contribution in [3.63, 3.8) is 0 Å². The number of nitrogens with one attached hydrogen (secondary N) is 1. The minimum absolute atomic E-state index is 0.0723. The van der Waals surface area contributed by atoms with Crippen molar-refractivity contribution in [3.8, 4) is 0 Å². The van der Waals surface area contributed by atoms with Gasteiger partial charge in [-0.05, 0) is 56.6 Å². The predicted octanol–water partition coefficient (Wildman–Crippen LogP) is 3.53. The van der Waals surface area contributed by atoms with Gasteiger partial charge >= 0.3 is 0 Å². The molecule has 4 heteroatoms. The molecule has 1 N–H and O–H groups in total. The van der Waals surface area contributed by atoms with Crippen LogP contribution in [-0.2, 0) is 10.3 Å². The Morgan fingerprint density at radius 2 is 2.06 bits per heavy atom. The van der Waals surface area contributed by atoms with Crippen LogP contribution in [0.15, 0.2) is 18.2 Å². The highest BCUT2D eigenvalue weighted by molar-refractivity contribution is 7.71. The number of benzene rings is 1. The Hall–Kier alpha value is -1.13. The van der Waals surface area contributed by atoms with Gasteiger partial charge in [0.25, 0.3) is 0 Å². The van der Waals surface area contributed by atoms with E-state index < -0.39 is 0 Å². The molecule has 1 aromatic heterocycles. The molecule has 1 aliphatic rings. The summed E-state index contributed by atoms with van der Waals surface area (Å²) in [6.45, 7) is 6.01. The second-order valence-electron chi connectivity index (χ2n) is 5.40. The van der Waals surface area contributed by atoms with Crippen LogP contribution in [0.5, 0.6) is 0 Å². The van der Waals surface area contributed by atoms with Gasteiger partial charge in [-0.3, -0.25) is 0 Å². The lowest BCUT2D eigenvalue weighted by Crippen LogP contribution is -2.36. The molecule has 0 atom stereocenters. The van der Waals surface area contributed by atoms with E-state index in [4.69, 9.17) is 17.0 Å².